The Hall–Kier alpha value is -3.70. The Kier molecular flexibility index (Phi) is 6.54. The fourth-order valence-electron chi connectivity index (χ4n) is 2.83. The molecule has 1 fully saturated rings. The lowest BCUT2D eigenvalue weighted by Crippen LogP contribution is -2.73. The molecule has 0 bridgehead atoms. The monoisotopic (exact) mass is 514 g/mol. The molecule has 0 aromatic carbocycles. The van der Waals surface area contributed by atoms with Gasteiger partial charge in [0, 0.05) is 11.6 Å². The van der Waals surface area contributed by atoms with Crippen LogP contribution >= 0.6 is 11.3 Å². The number of amides is 2. The topological polar surface area (TPSA) is 228 Å². The van der Waals surface area contributed by atoms with Crippen LogP contribution in [0, 0.1) is 0 Å². The maximum atomic E-state index is 13.0. The smallest absolute Gasteiger partial charge is 0.362 e. The Labute approximate surface area is 197 Å². The van der Waals surface area contributed by atoms with E-state index in [2.05, 4.69) is 27.1 Å². The van der Waals surface area contributed by atoms with E-state index in [1.165, 1.54) is 36.2 Å². The lowest BCUT2D eigenvalue weighted by molar-refractivity contribution is -0.145. The van der Waals surface area contributed by atoms with Crippen LogP contribution in [0.5, 0.6) is 0 Å². The summed E-state index contributed by atoms with van der Waals surface area (Å²) in [7, 11) is -4.91. The van der Waals surface area contributed by atoms with E-state index in [-0.39, 0.29) is 33.3 Å². The number of hydrogen-bond donors (Lipinski definition) is 5. The lowest BCUT2D eigenvalue weighted by atomic mass is 9.98. The van der Waals surface area contributed by atoms with E-state index in [1.54, 1.807) is 0 Å². The minimum atomic E-state index is -4.91. The van der Waals surface area contributed by atoms with Crippen molar-refractivity contribution >= 4 is 50.1 Å². The highest BCUT2D eigenvalue weighted by molar-refractivity contribution is 7.84. The maximum Gasteiger partial charge on any atom is 0.362 e. The standard InChI is InChI=1S/C17H22N8O7S2/c1-8(26)17(2,3)32-23-12(9-7-33-16(19)20-9)14(27)21-13-10(6-24-5-4-11(18)22-24)25(15(13)28)34(29,30)31/h4-5,7,10,13,26H,1,6H2,2-3H3,(H2,18,22)(H2,19,20)(H,21,27)(H,29,30,31)/b23-12-/t10-,13+/m1/s1. The molecule has 0 unspecified atom stereocenters. The van der Waals surface area contributed by atoms with Crippen molar-refractivity contribution in [2.45, 2.75) is 38.1 Å². The van der Waals surface area contributed by atoms with E-state index < -0.39 is 45.5 Å². The van der Waals surface area contributed by atoms with Gasteiger partial charge in [0.2, 0.25) is 0 Å². The number of aliphatic hydroxyl groups is 1. The van der Waals surface area contributed by atoms with Gasteiger partial charge in [-0.2, -0.15) is 13.5 Å². The highest BCUT2D eigenvalue weighted by Crippen LogP contribution is 2.26. The van der Waals surface area contributed by atoms with Crippen molar-refractivity contribution in [2.24, 2.45) is 5.16 Å². The summed E-state index contributed by atoms with van der Waals surface area (Å²) < 4.78 is 34.3. The largest absolute Gasteiger partial charge is 0.509 e. The van der Waals surface area contributed by atoms with Gasteiger partial charge in [-0.05, 0) is 19.9 Å². The van der Waals surface area contributed by atoms with E-state index in [0.717, 1.165) is 11.3 Å². The van der Waals surface area contributed by atoms with Crippen molar-refractivity contribution in [2.75, 3.05) is 11.5 Å². The normalized spacial score (nSPS) is 19.0. The quantitative estimate of drug-likeness (QED) is 0.0921. The van der Waals surface area contributed by atoms with Crippen molar-refractivity contribution in [3.05, 3.63) is 35.7 Å². The molecule has 1 aliphatic heterocycles. The summed E-state index contributed by atoms with van der Waals surface area (Å²) in [5.41, 5.74) is 9.42. The number of nitrogens with two attached hydrogens (primary N) is 2. The van der Waals surface area contributed by atoms with Crippen LogP contribution in [-0.2, 0) is 31.3 Å². The number of oxime groups is 1. The number of aromatic nitrogens is 3. The fourth-order valence-corrected chi connectivity index (χ4v) is 4.25. The summed E-state index contributed by atoms with van der Waals surface area (Å²) >= 11 is 1.01. The van der Waals surface area contributed by atoms with Gasteiger partial charge < -0.3 is 26.7 Å². The minimum Gasteiger partial charge on any atom is -0.509 e. The van der Waals surface area contributed by atoms with Gasteiger partial charge in [-0.3, -0.25) is 18.8 Å². The van der Waals surface area contributed by atoms with E-state index >= 15 is 0 Å². The third-order valence-electron chi connectivity index (χ3n) is 4.78. The molecule has 17 heteroatoms. The SMILES string of the molecule is C=C(O)C(C)(C)O/N=C(\C(=O)N[C@@H]1C(=O)N(S(=O)(=O)O)[C@@H]1Cn1ccc(N)n1)c1csc(N)n1. The number of carbonyl (C=O) groups excluding carboxylic acids is 2. The zero-order valence-corrected chi connectivity index (χ0v) is 19.6. The molecule has 2 aromatic rings. The van der Waals surface area contributed by atoms with Crippen molar-refractivity contribution in [3.8, 4) is 0 Å². The first-order chi connectivity index (χ1) is 15.7. The summed E-state index contributed by atoms with van der Waals surface area (Å²) in [6, 6.07) is -1.15. The summed E-state index contributed by atoms with van der Waals surface area (Å²) in [6.07, 6.45) is 1.43. The molecule has 0 saturated carbocycles. The third-order valence-corrected chi connectivity index (χ3v) is 6.40. The van der Waals surface area contributed by atoms with Gasteiger partial charge in [0.15, 0.2) is 16.4 Å². The van der Waals surface area contributed by atoms with Gasteiger partial charge in [0.25, 0.3) is 11.8 Å². The Morgan fingerprint density at radius 3 is 2.62 bits per heavy atom. The molecule has 2 atom stereocenters. The van der Waals surface area contributed by atoms with Gasteiger partial charge >= 0.3 is 10.3 Å². The number of thiazole rings is 1. The van der Waals surface area contributed by atoms with Crippen molar-refractivity contribution in [1.82, 2.24) is 24.4 Å². The molecule has 3 rings (SSSR count). The molecule has 15 nitrogen and oxygen atoms in total. The van der Waals surface area contributed by atoms with Crippen LogP contribution in [0.4, 0.5) is 10.9 Å². The Morgan fingerprint density at radius 1 is 1.44 bits per heavy atom. The van der Waals surface area contributed by atoms with E-state index in [4.69, 9.17) is 16.3 Å². The zero-order valence-electron chi connectivity index (χ0n) is 17.9. The second kappa shape index (κ2) is 8.92. The van der Waals surface area contributed by atoms with Crippen LogP contribution in [0.2, 0.25) is 0 Å². The first-order valence-electron chi connectivity index (χ1n) is 9.47. The third kappa shape index (κ3) is 5.10. The lowest BCUT2D eigenvalue weighted by Gasteiger charge is -2.44. The molecule has 0 spiro atoms. The molecular formula is C17H22N8O7S2. The van der Waals surface area contributed by atoms with Crippen LogP contribution in [-0.4, -0.2) is 72.4 Å². The molecule has 34 heavy (non-hydrogen) atoms. The van der Waals surface area contributed by atoms with Gasteiger partial charge in [0.1, 0.15) is 23.3 Å². The van der Waals surface area contributed by atoms with Gasteiger partial charge in [0.05, 0.1) is 12.6 Å². The van der Waals surface area contributed by atoms with Crippen LogP contribution in [0.15, 0.2) is 35.1 Å². The number of nitrogen functional groups attached to an aromatic ring is 2. The van der Waals surface area contributed by atoms with E-state index in [9.17, 15) is 27.7 Å². The first-order valence-corrected chi connectivity index (χ1v) is 11.7. The van der Waals surface area contributed by atoms with Crippen LogP contribution in [0.3, 0.4) is 0 Å². The molecule has 1 aliphatic rings. The number of hydrogen-bond acceptors (Lipinski definition) is 12. The van der Waals surface area contributed by atoms with Gasteiger partial charge in [-0.1, -0.05) is 11.7 Å². The second-order valence-corrected chi connectivity index (χ2v) is 9.83. The van der Waals surface area contributed by atoms with Crippen molar-refractivity contribution < 1.29 is 32.5 Å². The van der Waals surface area contributed by atoms with Gasteiger partial charge in [-0.15, -0.1) is 11.3 Å². The molecule has 7 N–H and O–H groups in total. The summed E-state index contributed by atoms with van der Waals surface area (Å²) in [5, 5.41) is 21.2. The number of aliphatic hydroxyl groups excluding tert-OH is 1. The average molecular weight is 515 g/mol. The predicted molar refractivity (Wildman–Crippen MR) is 121 cm³/mol. The summed E-state index contributed by atoms with van der Waals surface area (Å²) in [5.74, 6) is -2.26. The highest BCUT2D eigenvalue weighted by Gasteiger charge is 2.54. The first kappa shape index (κ1) is 24.9. The summed E-state index contributed by atoms with van der Waals surface area (Å²) in [6.45, 7) is 6.04. The van der Waals surface area contributed by atoms with Crippen molar-refractivity contribution in [3.63, 3.8) is 0 Å². The van der Waals surface area contributed by atoms with E-state index in [0.29, 0.717) is 0 Å². The fraction of sp³-hybridized carbons (Fsp3) is 0.353. The summed E-state index contributed by atoms with van der Waals surface area (Å²) in [4.78, 5) is 34.7. The number of rotatable bonds is 9. The number of nitrogens with one attached hydrogen (secondary N) is 1. The van der Waals surface area contributed by atoms with E-state index in [1.807, 2.05) is 0 Å². The number of anilines is 2. The molecular weight excluding hydrogens is 492 g/mol. The van der Waals surface area contributed by atoms with Crippen LogP contribution in [0.25, 0.3) is 0 Å². The molecule has 3 heterocycles. The van der Waals surface area contributed by atoms with Crippen molar-refractivity contribution in [1.29, 1.82) is 0 Å². The maximum absolute atomic E-state index is 13.0. The Bertz CT molecular complexity index is 1270. The van der Waals surface area contributed by atoms with Crippen LogP contribution < -0.4 is 16.8 Å². The average Bonchev–Trinajstić information content (AvgIpc) is 3.32. The zero-order chi connectivity index (χ0) is 25.4. The molecule has 0 aliphatic carbocycles. The highest BCUT2D eigenvalue weighted by atomic mass is 32.2. The second-order valence-electron chi connectivity index (χ2n) is 7.65. The predicted octanol–water partition coefficient (Wildman–Crippen LogP) is -0.726. The molecule has 1 saturated heterocycles. The number of β-lactam (4-membered cyclic amide) rings is 1. The molecule has 184 valence electrons. The Balaban J connectivity index is 1.89. The minimum absolute atomic E-state index is 0.00848. The number of carbonyl (C=O) groups is 2. The van der Waals surface area contributed by atoms with Gasteiger partial charge in [-0.25, -0.2) is 9.29 Å². The molecule has 2 amide bonds. The Morgan fingerprint density at radius 2 is 2.12 bits per heavy atom. The number of nitrogens with zero attached hydrogens (tertiary/aromatic N) is 5. The van der Waals surface area contributed by atoms with Crippen LogP contribution in [0.1, 0.15) is 19.5 Å². The molecule has 0 radical (unpaired) electrons. The molecule has 2 aromatic heterocycles.